The number of rotatable bonds is 2. The number of piperidine rings is 1. The first-order chi connectivity index (χ1) is 9.08. The summed E-state index contributed by atoms with van der Waals surface area (Å²) in [5.41, 5.74) is 0.941. The van der Waals surface area contributed by atoms with Gasteiger partial charge in [-0.3, -0.25) is 4.79 Å². The van der Waals surface area contributed by atoms with Crippen molar-refractivity contribution in [1.29, 1.82) is 5.26 Å². The van der Waals surface area contributed by atoms with E-state index in [2.05, 4.69) is 0 Å². The second-order valence-corrected chi connectivity index (χ2v) is 5.17. The Morgan fingerprint density at radius 1 is 1.42 bits per heavy atom. The van der Waals surface area contributed by atoms with E-state index in [4.69, 9.17) is 10.00 Å². The van der Waals surface area contributed by atoms with Gasteiger partial charge in [0.1, 0.15) is 0 Å². The zero-order chi connectivity index (χ0) is 13.9. The third kappa shape index (κ3) is 2.94. The predicted molar refractivity (Wildman–Crippen MR) is 71.7 cm³/mol. The smallest absolute Gasteiger partial charge is 0.253 e. The van der Waals surface area contributed by atoms with Gasteiger partial charge >= 0.3 is 0 Å². The summed E-state index contributed by atoms with van der Waals surface area (Å²) in [6.45, 7) is 3.41. The summed E-state index contributed by atoms with van der Waals surface area (Å²) in [6, 6.07) is 8.81. The number of ether oxygens (including phenoxy) is 1. The van der Waals surface area contributed by atoms with Gasteiger partial charge in [-0.2, -0.15) is 5.26 Å². The van der Waals surface area contributed by atoms with Crippen LogP contribution in [0.1, 0.15) is 35.7 Å². The Balaban J connectivity index is 2.12. The monoisotopic (exact) mass is 258 g/mol. The maximum absolute atomic E-state index is 12.4. The highest BCUT2D eigenvalue weighted by Crippen LogP contribution is 2.25. The summed E-state index contributed by atoms with van der Waals surface area (Å²) >= 11 is 0. The molecule has 1 aliphatic rings. The molecule has 1 aliphatic heterocycles. The molecule has 0 bridgehead atoms. The van der Waals surface area contributed by atoms with Crippen molar-refractivity contribution in [2.45, 2.75) is 25.4 Å². The first-order valence-corrected chi connectivity index (χ1v) is 6.42. The van der Waals surface area contributed by atoms with Gasteiger partial charge in [0, 0.05) is 25.8 Å². The number of nitriles is 1. The number of likely N-dealkylation sites (tertiary alicyclic amines) is 1. The van der Waals surface area contributed by atoms with E-state index in [1.54, 1.807) is 31.4 Å². The molecule has 4 nitrogen and oxygen atoms in total. The summed E-state index contributed by atoms with van der Waals surface area (Å²) in [5, 5.41) is 8.75. The average Bonchev–Trinajstić information content (AvgIpc) is 2.46. The van der Waals surface area contributed by atoms with Gasteiger partial charge in [0.05, 0.1) is 17.2 Å². The maximum atomic E-state index is 12.4. The van der Waals surface area contributed by atoms with Crippen molar-refractivity contribution in [3.8, 4) is 6.07 Å². The molecule has 1 unspecified atom stereocenters. The Labute approximate surface area is 113 Å². The molecule has 1 fully saturated rings. The lowest BCUT2D eigenvalue weighted by Gasteiger charge is -2.39. The van der Waals surface area contributed by atoms with E-state index in [1.807, 2.05) is 17.9 Å². The number of carbonyl (C=O) groups excluding carboxylic acids is 1. The molecule has 1 saturated heterocycles. The van der Waals surface area contributed by atoms with Crippen LogP contribution >= 0.6 is 0 Å². The molecule has 0 saturated carbocycles. The normalized spacial score (nSPS) is 22.9. The van der Waals surface area contributed by atoms with Crippen LogP contribution in [-0.2, 0) is 4.74 Å². The van der Waals surface area contributed by atoms with Gasteiger partial charge in [-0.15, -0.1) is 0 Å². The number of amides is 1. The molecule has 19 heavy (non-hydrogen) atoms. The van der Waals surface area contributed by atoms with Crippen molar-refractivity contribution in [3.05, 3.63) is 35.4 Å². The van der Waals surface area contributed by atoms with Crippen LogP contribution in [0.15, 0.2) is 24.3 Å². The zero-order valence-corrected chi connectivity index (χ0v) is 11.3. The van der Waals surface area contributed by atoms with E-state index in [0.29, 0.717) is 17.7 Å². The van der Waals surface area contributed by atoms with Crippen molar-refractivity contribution in [2.75, 3.05) is 20.2 Å². The highest BCUT2D eigenvalue weighted by Gasteiger charge is 2.33. The fraction of sp³-hybridized carbons (Fsp3) is 0.467. The Kier molecular flexibility index (Phi) is 3.87. The third-order valence-electron chi connectivity index (χ3n) is 3.70. The number of benzene rings is 1. The molecule has 1 amide bonds. The summed E-state index contributed by atoms with van der Waals surface area (Å²) in [7, 11) is 1.69. The van der Waals surface area contributed by atoms with Crippen LogP contribution in [-0.4, -0.2) is 36.6 Å². The fourth-order valence-corrected chi connectivity index (χ4v) is 2.42. The molecule has 0 N–H and O–H groups in total. The van der Waals surface area contributed by atoms with Crippen LogP contribution in [0.5, 0.6) is 0 Å². The van der Waals surface area contributed by atoms with Crippen molar-refractivity contribution in [2.24, 2.45) is 0 Å². The van der Waals surface area contributed by atoms with Gasteiger partial charge in [-0.25, -0.2) is 0 Å². The van der Waals surface area contributed by atoms with Gasteiger partial charge in [0.25, 0.3) is 5.91 Å². The van der Waals surface area contributed by atoms with E-state index >= 15 is 0 Å². The topological polar surface area (TPSA) is 53.3 Å². The van der Waals surface area contributed by atoms with E-state index in [9.17, 15) is 4.79 Å². The molecule has 1 aromatic rings. The Morgan fingerprint density at radius 3 is 2.68 bits per heavy atom. The van der Waals surface area contributed by atoms with Gasteiger partial charge in [-0.1, -0.05) is 0 Å². The Morgan fingerprint density at radius 2 is 2.11 bits per heavy atom. The number of hydrogen-bond acceptors (Lipinski definition) is 3. The highest BCUT2D eigenvalue weighted by molar-refractivity contribution is 5.94. The van der Waals surface area contributed by atoms with E-state index in [0.717, 1.165) is 19.4 Å². The van der Waals surface area contributed by atoms with Crippen molar-refractivity contribution < 1.29 is 9.53 Å². The Hall–Kier alpha value is -1.86. The van der Waals surface area contributed by atoms with Crippen LogP contribution in [0.4, 0.5) is 0 Å². The largest absolute Gasteiger partial charge is 0.377 e. The van der Waals surface area contributed by atoms with E-state index in [-0.39, 0.29) is 11.5 Å². The summed E-state index contributed by atoms with van der Waals surface area (Å²) in [6.07, 6.45) is 1.92. The van der Waals surface area contributed by atoms with Gasteiger partial charge in [-0.05, 0) is 44.0 Å². The van der Waals surface area contributed by atoms with E-state index < -0.39 is 0 Å². The molecule has 0 aliphatic carbocycles. The van der Waals surface area contributed by atoms with Crippen molar-refractivity contribution in [1.82, 2.24) is 4.90 Å². The zero-order valence-electron chi connectivity index (χ0n) is 11.3. The SMILES string of the molecule is COC1(C)CCCN(C(=O)c2ccc(C#N)cc2)C1. The molecule has 0 radical (unpaired) electrons. The second-order valence-electron chi connectivity index (χ2n) is 5.17. The third-order valence-corrected chi connectivity index (χ3v) is 3.70. The number of methoxy groups -OCH3 is 1. The minimum atomic E-state index is -0.249. The van der Waals surface area contributed by atoms with E-state index in [1.165, 1.54) is 0 Å². The van der Waals surface area contributed by atoms with Crippen molar-refractivity contribution >= 4 is 5.91 Å². The predicted octanol–water partition coefficient (Wildman–Crippen LogP) is 2.20. The number of nitrogens with zero attached hydrogens (tertiary/aromatic N) is 2. The molecule has 1 heterocycles. The standard InChI is InChI=1S/C15H18N2O2/c1-15(19-2)8-3-9-17(11-15)14(18)13-6-4-12(10-16)5-7-13/h4-7H,3,8-9,11H2,1-2H3. The van der Waals surface area contributed by atoms with Crippen LogP contribution < -0.4 is 0 Å². The summed E-state index contributed by atoms with van der Waals surface area (Å²) < 4.78 is 5.49. The highest BCUT2D eigenvalue weighted by atomic mass is 16.5. The molecule has 0 aromatic heterocycles. The quantitative estimate of drug-likeness (QED) is 0.817. The first kappa shape index (κ1) is 13.6. The van der Waals surface area contributed by atoms with Gasteiger partial charge < -0.3 is 9.64 Å². The lowest BCUT2D eigenvalue weighted by molar-refractivity contribution is -0.0440. The first-order valence-electron chi connectivity index (χ1n) is 6.42. The Bertz CT molecular complexity index is 504. The van der Waals surface area contributed by atoms with Crippen molar-refractivity contribution in [3.63, 3.8) is 0 Å². The van der Waals surface area contributed by atoms with Crippen LogP contribution in [0.25, 0.3) is 0 Å². The lowest BCUT2D eigenvalue weighted by Crippen LogP contribution is -2.49. The molecule has 4 heteroatoms. The van der Waals surface area contributed by atoms with Crippen LogP contribution in [0, 0.1) is 11.3 Å². The average molecular weight is 258 g/mol. The van der Waals surface area contributed by atoms with Crippen LogP contribution in [0.2, 0.25) is 0 Å². The molecule has 100 valence electrons. The van der Waals surface area contributed by atoms with Gasteiger partial charge in [0.15, 0.2) is 0 Å². The molecular formula is C15H18N2O2. The minimum absolute atomic E-state index is 0.00691. The molecular weight excluding hydrogens is 240 g/mol. The number of hydrogen-bond donors (Lipinski definition) is 0. The summed E-state index contributed by atoms with van der Waals surface area (Å²) in [5.74, 6) is 0.00691. The van der Waals surface area contributed by atoms with Crippen LogP contribution in [0.3, 0.4) is 0 Å². The molecule has 1 aromatic carbocycles. The molecule has 2 rings (SSSR count). The molecule has 1 atom stereocenters. The lowest BCUT2D eigenvalue weighted by atomic mass is 9.94. The second kappa shape index (κ2) is 5.41. The van der Waals surface area contributed by atoms with Gasteiger partial charge in [0.2, 0.25) is 0 Å². The minimum Gasteiger partial charge on any atom is -0.377 e. The molecule has 0 spiro atoms. The maximum Gasteiger partial charge on any atom is 0.253 e. The fourth-order valence-electron chi connectivity index (χ4n) is 2.42. The summed E-state index contributed by atoms with van der Waals surface area (Å²) in [4.78, 5) is 14.2. The number of carbonyl (C=O) groups is 1.